The van der Waals surface area contributed by atoms with Crippen LogP contribution in [0.2, 0.25) is 5.02 Å². The fourth-order valence-electron chi connectivity index (χ4n) is 2.47. The molecule has 1 aliphatic rings. The molecule has 0 saturated heterocycles. The molecule has 0 heterocycles. The number of halogens is 1. The van der Waals surface area contributed by atoms with Crippen LogP contribution in [0.4, 0.5) is 0 Å². The highest BCUT2D eigenvalue weighted by Gasteiger charge is 2.21. The zero-order valence-corrected chi connectivity index (χ0v) is 10.1. The normalized spacial score (nSPS) is 26.2. The Hall–Kier alpha value is -0.750. The summed E-state index contributed by atoms with van der Waals surface area (Å²) in [7, 11) is 0. The highest BCUT2D eigenvalue weighted by molar-refractivity contribution is 6.30. The molecule has 0 bridgehead atoms. The third kappa shape index (κ3) is 2.43. The lowest BCUT2D eigenvalue weighted by molar-refractivity contribution is 0.436. The molecule has 2 atom stereocenters. The van der Waals surface area contributed by atoms with E-state index in [4.69, 9.17) is 11.6 Å². The first-order valence-electron chi connectivity index (χ1n) is 5.58. The van der Waals surface area contributed by atoms with E-state index >= 15 is 0 Å². The van der Waals surface area contributed by atoms with Gasteiger partial charge in [-0.25, -0.2) is 0 Å². The van der Waals surface area contributed by atoms with Crippen LogP contribution in [0.25, 0.3) is 0 Å². The van der Waals surface area contributed by atoms with E-state index in [2.05, 4.69) is 32.1 Å². The number of hydrogen-bond donors (Lipinski definition) is 0. The fraction of sp³-hybridized carbons (Fsp3) is 0.429. The molecule has 1 aromatic rings. The van der Waals surface area contributed by atoms with Crippen LogP contribution >= 0.6 is 11.6 Å². The van der Waals surface area contributed by atoms with E-state index in [9.17, 15) is 0 Å². The molecule has 0 amide bonds. The molecule has 0 N–H and O–H groups in total. The van der Waals surface area contributed by atoms with Gasteiger partial charge in [0.1, 0.15) is 0 Å². The number of benzene rings is 1. The summed E-state index contributed by atoms with van der Waals surface area (Å²) in [6.45, 7) is 4.57. The highest BCUT2D eigenvalue weighted by Crippen LogP contribution is 2.36. The van der Waals surface area contributed by atoms with Crippen LogP contribution < -0.4 is 0 Å². The molecule has 80 valence electrons. The van der Waals surface area contributed by atoms with Crippen LogP contribution in [0.3, 0.4) is 0 Å². The number of allylic oxidation sites excluding steroid dienone is 2. The predicted molar refractivity (Wildman–Crippen MR) is 66.3 cm³/mol. The second kappa shape index (κ2) is 4.40. The van der Waals surface area contributed by atoms with Gasteiger partial charge >= 0.3 is 0 Å². The lowest BCUT2D eigenvalue weighted by Gasteiger charge is -2.28. The minimum absolute atomic E-state index is 0.672. The Morgan fingerprint density at radius 2 is 1.87 bits per heavy atom. The Morgan fingerprint density at radius 1 is 1.20 bits per heavy atom. The zero-order valence-electron chi connectivity index (χ0n) is 9.33. The Balaban J connectivity index is 2.21. The van der Waals surface area contributed by atoms with Crippen molar-refractivity contribution in [3.05, 3.63) is 46.5 Å². The van der Waals surface area contributed by atoms with Crippen molar-refractivity contribution >= 4 is 11.6 Å². The van der Waals surface area contributed by atoms with Gasteiger partial charge in [0.05, 0.1) is 0 Å². The number of hydrogen-bond acceptors (Lipinski definition) is 0. The van der Waals surface area contributed by atoms with E-state index in [1.165, 1.54) is 24.0 Å². The quantitative estimate of drug-likeness (QED) is 0.597. The van der Waals surface area contributed by atoms with Crippen molar-refractivity contribution in [3.63, 3.8) is 0 Å². The lowest BCUT2D eigenvalue weighted by atomic mass is 9.77. The van der Waals surface area contributed by atoms with Gasteiger partial charge in [0, 0.05) is 5.02 Å². The summed E-state index contributed by atoms with van der Waals surface area (Å²) in [5, 5.41) is 0.828. The predicted octanol–water partition coefficient (Wildman–Crippen LogP) is 4.80. The van der Waals surface area contributed by atoms with E-state index in [0.29, 0.717) is 5.92 Å². The second-order valence-corrected chi connectivity index (χ2v) is 5.06. The molecule has 1 heteroatoms. The van der Waals surface area contributed by atoms with Crippen molar-refractivity contribution in [2.75, 3.05) is 0 Å². The van der Waals surface area contributed by atoms with Gasteiger partial charge in [-0.1, -0.05) is 42.3 Å². The maximum Gasteiger partial charge on any atom is 0.0406 e. The molecule has 0 saturated carbocycles. The first kappa shape index (κ1) is 10.8. The van der Waals surface area contributed by atoms with Crippen LogP contribution in [0.15, 0.2) is 35.9 Å². The molecule has 0 aromatic heterocycles. The number of rotatable bonds is 1. The first-order chi connectivity index (χ1) is 7.16. The monoisotopic (exact) mass is 220 g/mol. The van der Waals surface area contributed by atoms with E-state index < -0.39 is 0 Å². The smallest absolute Gasteiger partial charge is 0.0406 e. The minimum Gasteiger partial charge on any atom is -0.0850 e. The molecule has 0 nitrogen and oxygen atoms in total. The van der Waals surface area contributed by atoms with Crippen LogP contribution in [0, 0.1) is 5.92 Å². The van der Waals surface area contributed by atoms with Gasteiger partial charge in [0.2, 0.25) is 0 Å². The standard InChI is InChI=1S/C14H17Cl/c1-10-3-8-14(11(2)9-10)12-4-6-13(15)7-5-12/h3-7,11,14H,8-9H2,1-2H3/t11-,14-/m1/s1. The molecule has 15 heavy (non-hydrogen) atoms. The Morgan fingerprint density at radius 3 is 2.47 bits per heavy atom. The van der Waals surface area contributed by atoms with Crippen molar-refractivity contribution < 1.29 is 0 Å². The van der Waals surface area contributed by atoms with Crippen LogP contribution in [-0.2, 0) is 0 Å². The lowest BCUT2D eigenvalue weighted by Crippen LogP contribution is -2.13. The summed E-state index contributed by atoms with van der Waals surface area (Å²) in [6.07, 6.45) is 4.78. The van der Waals surface area contributed by atoms with Gasteiger partial charge in [0.25, 0.3) is 0 Å². The van der Waals surface area contributed by atoms with Crippen LogP contribution in [0.5, 0.6) is 0 Å². The Kier molecular flexibility index (Phi) is 3.16. The van der Waals surface area contributed by atoms with Gasteiger partial charge < -0.3 is 0 Å². The average molecular weight is 221 g/mol. The molecule has 2 rings (SSSR count). The Labute approximate surface area is 97.0 Å². The molecule has 0 fully saturated rings. The minimum atomic E-state index is 0.672. The third-order valence-electron chi connectivity index (χ3n) is 3.35. The van der Waals surface area contributed by atoms with E-state index in [1.807, 2.05) is 12.1 Å². The molecule has 0 radical (unpaired) electrons. The first-order valence-corrected chi connectivity index (χ1v) is 5.95. The van der Waals surface area contributed by atoms with E-state index in [1.54, 1.807) is 0 Å². The fourth-order valence-corrected chi connectivity index (χ4v) is 2.59. The molecular formula is C14H17Cl. The maximum absolute atomic E-state index is 5.90. The van der Waals surface area contributed by atoms with Crippen molar-refractivity contribution in [1.29, 1.82) is 0 Å². The molecule has 1 aromatic carbocycles. The van der Waals surface area contributed by atoms with Crippen molar-refractivity contribution in [1.82, 2.24) is 0 Å². The highest BCUT2D eigenvalue weighted by atomic mass is 35.5. The summed E-state index contributed by atoms with van der Waals surface area (Å²) >= 11 is 5.90. The topological polar surface area (TPSA) is 0 Å². The summed E-state index contributed by atoms with van der Waals surface area (Å²) < 4.78 is 0. The summed E-state index contributed by atoms with van der Waals surface area (Å²) in [5.41, 5.74) is 2.96. The van der Waals surface area contributed by atoms with E-state index in [0.717, 1.165) is 10.9 Å². The molecular weight excluding hydrogens is 204 g/mol. The molecule has 0 unspecified atom stereocenters. The van der Waals surface area contributed by atoms with Crippen molar-refractivity contribution in [3.8, 4) is 0 Å². The summed E-state index contributed by atoms with van der Waals surface area (Å²) in [4.78, 5) is 0. The van der Waals surface area contributed by atoms with Gasteiger partial charge in [-0.2, -0.15) is 0 Å². The summed E-state index contributed by atoms with van der Waals surface area (Å²) in [6, 6.07) is 8.32. The van der Waals surface area contributed by atoms with E-state index in [-0.39, 0.29) is 0 Å². The SMILES string of the molecule is CC1=CC[C@@H](c2ccc(Cl)cc2)[C@H](C)C1. The molecule has 1 aliphatic carbocycles. The van der Waals surface area contributed by atoms with Gasteiger partial charge in [-0.15, -0.1) is 0 Å². The molecule has 0 aliphatic heterocycles. The van der Waals surface area contributed by atoms with Gasteiger partial charge in [-0.3, -0.25) is 0 Å². The second-order valence-electron chi connectivity index (χ2n) is 4.63. The summed E-state index contributed by atoms with van der Waals surface area (Å²) in [5.74, 6) is 1.42. The maximum atomic E-state index is 5.90. The van der Waals surface area contributed by atoms with Crippen molar-refractivity contribution in [2.45, 2.75) is 32.6 Å². The van der Waals surface area contributed by atoms with Gasteiger partial charge in [0.15, 0.2) is 0 Å². The Bertz CT molecular complexity index is 361. The van der Waals surface area contributed by atoms with Crippen LogP contribution in [0.1, 0.15) is 38.2 Å². The molecule has 0 spiro atoms. The van der Waals surface area contributed by atoms with Crippen LogP contribution in [-0.4, -0.2) is 0 Å². The average Bonchev–Trinajstić information content (AvgIpc) is 2.20. The largest absolute Gasteiger partial charge is 0.0850 e. The van der Waals surface area contributed by atoms with Crippen molar-refractivity contribution in [2.24, 2.45) is 5.92 Å². The third-order valence-corrected chi connectivity index (χ3v) is 3.60. The van der Waals surface area contributed by atoms with Gasteiger partial charge in [-0.05, 0) is 49.3 Å². The zero-order chi connectivity index (χ0) is 10.8.